The number of carbonyl (C=O) groups excluding carboxylic acids is 1. The summed E-state index contributed by atoms with van der Waals surface area (Å²) in [7, 11) is 0. The molecule has 3 unspecified atom stereocenters. The third-order valence-electron chi connectivity index (χ3n) is 4.20. The zero-order valence-electron chi connectivity index (χ0n) is 14.4. The standard InChI is InChI=1S/C20H22FNO3/c1-13-10-19(13)20(23)22-12-14(2)24-16-6-8-17(9-7-16)25-18-5-3-4-15(21)11-18/h3-9,11,13-14,19H,10,12H2,1-2H3,(H,22,23). The molecular formula is C20H22FNO3. The van der Waals surface area contributed by atoms with Crippen LogP contribution in [0.1, 0.15) is 20.3 Å². The Kier molecular flexibility index (Phi) is 5.22. The Balaban J connectivity index is 1.47. The van der Waals surface area contributed by atoms with Crippen LogP contribution in [0.5, 0.6) is 17.2 Å². The predicted octanol–water partition coefficient (Wildman–Crippen LogP) is 4.16. The summed E-state index contributed by atoms with van der Waals surface area (Å²) in [5, 5.41) is 2.92. The lowest BCUT2D eigenvalue weighted by Gasteiger charge is -2.16. The smallest absolute Gasteiger partial charge is 0.223 e. The van der Waals surface area contributed by atoms with Crippen LogP contribution >= 0.6 is 0 Å². The van der Waals surface area contributed by atoms with Crippen molar-refractivity contribution >= 4 is 5.91 Å². The summed E-state index contributed by atoms with van der Waals surface area (Å²) in [4.78, 5) is 11.8. The molecule has 1 aliphatic rings. The normalized spacial score (nSPS) is 19.8. The molecule has 0 radical (unpaired) electrons. The van der Waals surface area contributed by atoms with E-state index >= 15 is 0 Å². The maximum Gasteiger partial charge on any atom is 0.223 e. The van der Waals surface area contributed by atoms with Gasteiger partial charge < -0.3 is 14.8 Å². The van der Waals surface area contributed by atoms with E-state index in [9.17, 15) is 9.18 Å². The van der Waals surface area contributed by atoms with Crippen molar-refractivity contribution in [3.05, 3.63) is 54.3 Å². The number of ether oxygens (including phenoxy) is 2. The van der Waals surface area contributed by atoms with Crippen molar-refractivity contribution in [1.82, 2.24) is 5.32 Å². The Morgan fingerprint density at radius 2 is 1.88 bits per heavy atom. The molecule has 0 aliphatic heterocycles. The van der Waals surface area contributed by atoms with Crippen molar-refractivity contribution in [3.63, 3.8) is 0 Å². The molecule has 2 aromatic rings. The van der Waals surface area contributed by atoms with Crippen molar-refractivity contribution in [2.75, 3.05) is 6.54 Å². The second-order valence-corrected chi connectivity index (χ2v) is 6.52. The van der Waals surface area contributed by atoms with E-state index in [1.54, 1.807) is 36.4 Å². The van der Waals surface area contributed by atoms with E-state index in [1.165, 1.54) is 12.1 Å². The van der Waals surface area contributed by atoms with Gasteiger partial charge in [-0.15, -0.1) is 0 Å². The summed E-state index contributed by atoms with van der Waals surface area (Å²) in [5.41, 5.74) is 0. The maximum atomic E-state index is 13.2. The fraction of sp³-hybridized carbons (Fsp3) is 0.350. The van der Waals surface area contributed by atoms with Crippen molar-refractivity contribution < 1.29 is 18.7 Å². The number of carbonyl (C=O) groups is 1. The van der Waals surface area contributed by atoms with Gasteiger partial charge in [0.2, 0.25) is 5.91 Å². The van der Waals surface area contributed by atoms with Gasteiger partial charge in [-0.25, -0.2) is 4.39 Å². The minimum absolute atomic E-state index is 0.113. The molecule has 132 valence electrons. The molecule has 0 bridgehead atoms. The SMILES string of the molecule is CC(CNC(=O)C1CC1C)Oc1ccc(Oc2cccc(F)c2)cc1. The lowest BCUT2D eigenvalue weighted by Crippen LogP contribution is -2.34. The van der Waals surface area contributed by atoms with E-state index in [2.05, 4.69) is 12.2 Å². The minimum Gasteiger partial charge on any atom is -0.489 e. The highest BCUT2D eigenvalue weighted by Gasteiger charge is 2.38. The van der Waals surface area contributed by atoms with Crippen LogP contribution in [0.2, 0.25) is 0 Å². The molecule has 25 heavy (non-hydrogen) atoms. The number of rotatable bonds is 7. The van der Waals surface area contributed by atoms with Crippen LogP contribution in [0.4, 0.5) is 4.39 Å². The molecule has 4 nitrogen and oxygen atoms in total. The Morgan fingerprint density at radius 1 is 1.20 bits per heavy atom. The van der Waals surface area contributed by atoms with Gasteiger partial charge in [0.1, 0.15) is 29.2 Å². The first kappa shape index (κ1) is 17.3. The van der Waals surface area contributed by atoms with Gasteiger partial charge in [0.05, 0.1) is 6.54 Å². The molecule has 2 aromatic carbocycles. The molecule has 1 fully saturated rings. The molecule has 1 saturated carbocycles. The number of halogens is 1. The van der Waals surface area contributed by atoms with Crippen LogP contribution in [0.25, 0.3) is 0 Å². The molecule has 0 saturated heterocycles. The Labute approximate surface area is 147 Å². The summed E-state index contributed by atoms with van der Waals surface area (Å²) < 4.78 is 24.5. The first-order valence-corrected chi connectivity index (χ1v) is 8.49. The highest BCUT2D eigenvalue weighted by Crippen LogP contribution is 2.37. The van der Waals surface area contributed by atoms with E-state index in [0.717, 1.165) is 6.42 Å². The molecule has 3 rings (SSSR count). The van der Waals surface area contributed by atoms with E-state index in [4.69, 9.17) is 9.47 Å². The number of hydrogen-bond acceptors (Lipinski definition) is 3. The molecule has 1 aliphatic carbocycles. The molecule has 1 N–H and O–H groups in total. The average molecular weight is 343 g/mol. The maximum absolute atomic E-state index is 13.2. The zero-order chi connectivity index (χ0) is 17.8. The number of amides is 1. The summed E-state index contributed by atoms with van der Waals surface area (Å²) in [6, 6.07) is 13.1. The highest BCUT2D eigenvalue weighted by atomic mass is 19.1. The Bertz CT molecular complexity index is 732. The number of hydrogen-bond donors (Lipinski definition) is 1. The second kappa shape index (κ2) is 7.55. The third kappa shape index (κ3) is 4.95. The molecule has 0 spiro atoms. The van der Waals surface area contributed by atoms with Gasteiger partial charge in [0, 0.05) is 12.0 Å². The fourth-order valence-corrected chi connectivity index (χ4v) is 2.59. The van der Waals surface area contributed by atoms with Gasteiger partial charge >= 0.3 is 0 Å². The first-order chi connectivity index (χ1) is 12.0. The summed E-state index contributed by atoms with van der Waals surface area (Å²) in [5.74, 6) is 2.18. The van der Waals surface area contributed by atoms with Crippen LogP contribution in [-0.4, -0.2) is 18.6 Å². The number of benzene rings is 2. The van der Waals surface area contributed by atoms with Crippen LogP contribution in [0, 0.1) is 17.7 Å². The van der Waals surface area contributed by atoms with Crippen LogP contribution < -0.4 is 14.8 Å². The van der Waals surface area contributed by atoms with E-state index < -0.39 is 0 Å². The lowest BCUT2D eigenvalue weighted by atomic mass is 10.3. The minimum atomic E-state index is -0.339. The highest BCUT2D eigenvalue weighted by molar-refractivity contribution is 5.81. The van der Waals surface area contributed by atoms with E-state index in [1.807, 2.05) is 6.92 Å². The number of nitrogens with one attached hydrogen (secondary N) is 1. The molecule has 0 heterocycles. The van der Waals surface area contributed by atoms with Gasteiger partial charge in [-0.1, -0.05) is 13.0 Å². The van der Waals surface area contributed by atoms with Crippen molar-refractivity contribution in [2.45, 2.75) is 26.4 Å². The summed E-state index contributed by atoms with van der Waals surface area (Å²) in [6.45, 7) is 4.47. The molecule has 3 atom stereocenters. The largest absolute Gasteiger partial charge is 0.489 e. The molecule has 0 aromatic heterocycles. The topological polar surface area (TPSA) is 47.6 Å². The second-order valence-electron chi connectivity index (χ2n) is 6.52. The predicted molar refractivity (Wildman–Crippen MR) is 93.3 cm³/mol. The summed E-state index contributed by atoms with van der Waals surface area (Å²) >= 11 is 0. The monoisotopic (exact) mass is 343 g/mol. The van der Waals surface area contributed by atoms with Crippen molar-refractivity contribution in [3.8, 4) is 17.2 Å². The first-order valence-electron chi connectivity index (χ1n) is 8.49. The quantitative estimate of drug-likeness (QED) is 0.821. The lowest BCUT2D eigenvalue weighted by molar-refractivity contribution is -0.122. The Hall–Kier alpha value is -2.56. The fourth-order valence-electron chi connectivity index (χ4n) is 2.59. The molecule has 1 amide bonds. The van der Waals surface area contributed by atoms with Gasteiger partial charge in [-0.3, -0.25) is 4.79 Å². The van der Waals surface area contributed by atoms with E-state index in [-0.39, 0.29) is 23.7 Å². The van der Waals surface area contributed by atoms with Crippen molar-refractivity contribution in [2.24, 2.45) is 11.8 Å². The van der Waals surface area contributed by atoms with Gasteiger partial charge in [0.15, 0.2) is 0 Å². The van der Waals surface area contributed by atoms with Gasteiger partial charge in [-0.2, -0.15) is 0 Å². The summed E-state index contributed by atoms with van der Waals surface area (Å²) in [6.07, 6.45) is 0.849. The molecular weight excluding hydrogens is 321 g/mol. The zero-order valence-corrected chi connectivity index (χ0v) is 14.4. The van der Waals surface area contributed by atoms with Crippen LogP contribution in [0.3, 0.4) is 0 Å². The van der Waals surface area contributed by atoms with Gasteiger partial charge in [0.25, 0.3) is 0 Å². The van der Waals surface area contributed by atoms with Crippen molar-refractivity contribution in [1.29, 1.82) is 0 Å². The van der Waals surface area contributed by atoms with Crippen LogP contribution in [0.15, 0.2) is 48.5 Å². The average Bonchev–Trinajstić information content (AvgIpc) is 3.31. The Morgan fingerprint density at radius 3 is 2.52 bits per heavy atom. The molecule has 5 heteroatoms. The van der Waals surface area contributed by atoms with E-state index in [0.29, 0.717) is 29.7 Å². The van der Waals surface area contributed by atoms with Crippen LogP contribution in [-0.2, 0) is 4.79 Å². The third-order valence-corrected chi connectivity index (χ3v) is 4.20. The van der Waals surface area contributed by atoms with Gasteiger partial charge in [-0.05, 0) is 55.7 Å².